The number of aryl methyl sites for hydroxylation is 2. The molecule has 1 N–H and O–H groups in total. The van der Waals surface area contributed by atoms with Gasteiger partial charge in [-0.1, -0.05) is 31.9 Å². The van der Waals surface area contributed by atoms with Crippen LogP contribution in [0.25, 0.3) is 28.6 Å². The van der Waals surface area contributed by atoms with Crippen LogP contribution in [0, 0.1) is 25.5 Å². The molecule has 4 heterocycles. The van der Waals surface area contributed by atoms with Gasteiger partial charge in [0.1, 0.15) is 40.5 Å². The maximum atomic E-state index is 14.4. The van der Waals surface area contributed by atoms with E-state index in [0.29, 0.717) is 57.6 Å². The van der Waals surface area contributed by atoms with Crippen LogP contribution in [0.5, 0.6) is 0 Å². The number of aliphatic imine (C=N–C) groups is 1. The number of aromatic nitrogens is 8. The van der Waals surface area contributed by atoms with Crippen LogP contribution in [-0.2, 0) is 6.54 Å². The van der Waals surface area contributed by atoms with Crippen LogP contribution >= 0.6 is 31.9 Å². The molecule has 3 aromatic heterocycles. The fourth-order valence-electron chi connectivity index (χ4n) is 5.08. The standard InChI is InChI=1S/C17H19BrFN5O.C16H16BrFN4/c1-10(2)24-17(20-11(3)22-24)15-9-23(6-7-25)16(21-15)13-5-4-12(18)8-14(13)19;1-9(2)22-16(19-10(3)21-22)15-7-6-14(20-15)12-5-4-11(17)8-13(12)18/h4-5,8-10,25H,6-7H2,1-3H3;4-5,7-9H,6H2,1-3H3. The highest BCUT2D eigenvalue weighted by molar-refractivity contribution is 9.10. The third-order valence-electron chi connectivity index (χ3n) is 7.19. The number of imidazole rings is 1. The molecule has 0 bridgehead atoms. The molecule has 6 rings (SSSR count). The molecule has 246 valence electrons. The summed E-state index contributed by atoms with van der Waals surface area (Å²) in [4.78, 5) is 18.1. The first-order valence-electron chi connectivity index (χ1n) is 15.1. The third kappa shape index (κ3) is 7.65. The van der Waals surface area contributed by atoms with E-state index in [0.717, 1.165) is 21.7 Å². The molecule has 0 unspecified atom stereocenters. The Kier molecular flexibility index (Phi) is 10.6. The molecular formula is C33H35Br2F2N9O. The lowest BCUT2D eigenvalue weighted by Crippen LogP contribution is -2.07. The van der Waals surface area contributed by atoms with Crippen molar-refractivity contribution in [1.29, 1.82) is 0 Å². The molecule has 1 aliphatic heterocycles. The van der Waals surface area contributed by atoms with Crippen LogP contribution in [0.15, 0.2) is 62.6 Å². The molecule has 47 heavy (non-hydrogen) atoms. The summed E-state index contributed by atoms with van der Waals surface area (Å²) in [7, 11) is 0. The zero-order chi connectivity index (χ0) is 34.0. The second-order valence-corrected chi connectivity index (χ2v) is 13.3. The summed E-state index contributed by atoms with van der Waals surface area (Å²) in [5.74, 6) is 2.52. The van der Waals surface area contributed by atoms with Crippen LogP contribution in [-0.4, -0.2) is 56.5 Å². The van der Waals surface area contributed by atoms with Crippen molar-refractivity contribution in [3.05, 3.63) is 92.3 Å². The highest BCUT2D eigenvalue weighted by Gasteiger charge is 2.22. The molecule has 1 aliphatic rings. The predicted octanol–water partition coefficient (Wildman–Crippen LogP) is 7.89. The van der Waals surface area contributed by atoms with E-state index in [1.165, 1.54) is 12.1 Å². The first-order valence-corrected chi connectivity index (χ1v) is 16.7. The van der Waals surface area contributed by atoms with Crippen LogP contribution in [0.1, 0.15) is 69.2 Å². The van der Waals surface area contributed by atoms with E-state index < -0.39 is 0 Å². The van der Waals surface area contributed by atoms with Gasteiger partial charge in [0.05, 0.1) is 17.9 Å². The lowest BCUT2D eigenvalue weighted by Gasteiger charge is -2.08. The van der Waals surface area contributed by atoms with Crippen LogP contribution in [0.3, 0.4) is 0 Å². The maximum absolute atomic E-state index is 14.4. The van der Waals surface area contributed by atoms with E-state index in [2.05, 4.69) is 62.0 Å². The molecule has 0 saturated carbocycles. The number of hydrogen-bond acceptors (Lipinski definition) is 7. The minimum Gasteiger partial charge on any atom is -0.395 e. The Bertz CT molecular complexity index is 1970. The van der Waals surface area contributed by atoms with Gasteiger partial charge in [-0.3, -0.25) is 0 Å². The van der Waals surface area contributed by atoms with Gasteiger partial charge in [0.2, 0.25) is 0 Å². The normalized spacial score (nSPS) is 12.9. The number of aliphatic hydroxyl groups is 1. The second kappa shape index (κ2) is 14.5. The predicted molar refractivity (Wildman–Crippen MR) is 185 cm³/mol. The van der Waals surface area contributed by atoms with Gasteiger partial charge in [-0.15, -0.1) is 0 Å². The minimum atomic E-state index is -0.382. The Hall–Kier alpha value is -3.88. The molecule has 0 fully saturated rings. The lowest BCUT2D eigenvalue weighted by atomic mass is 10.1. The summed E-state index contributed by atoms with van der Waals surface area (Å²) in [5, 5.41) is 18.1. The molecular weight excluding hydrogens is 736 g/mol. The highest BCUT2D eigenvalue weighted by atomic mass is 79.9. The molecule has 2 aromatic carbocycles. The van der Waals surface area contributed by atoms with Gasteiger partial charge >= 0.3 is 0 Å². The molecule has 0 spiro atoms. The van der Waals surface area contributed by atoms with E-state index in [1.54, 1.807) is 33.6 Å². The molecule has 0 amide bonds. The number of allylic oxidation sites excluding steroid dienone is 1. The average molecular weight is 772 g/mol. The Morgan fingerprint density at radius 3 is 1.89 bits per heavy atom. The first kappa shape index (κ1) is 34.5. The van der Waals surface area contributed by atoms with Crippen molar-refractivity contribution in [2.75, 3.05) is 6.61 Å². The van der Waals surface area contributed by atoms with E-state index in [-0.39, 0.29) is 30.3 Å². The van der Waals surface area contributed by atoms with Crippen LogP contribution in [0.4, 0.5) is 8.78 Å². The monoisotopic (exact) mass is 769 g/mol. The SMILES string of the molecule is Cc1nc(-c2cn(CCO)c(-c3ccc(Br)cc3F)n2)n(C(C)C)n1.Cc1nc(C2=CCC(c3ccc(Br)cc3F)=N2)n(C(C)C)n1. The van der Waals surface area contributed by atoms with Crippen LogP contribution in [0.2, 0.25) is 0 Å². The number of hydrogen-bond donors (Lipinski definition) is 1. The van der Waals surface area contributed by atoms with Gasteiger partial charge in [-0.25, -0.2) is 38.1 Å². The largest absolute Gasteiger partial charge is 0.395 e. The van der Waals surface area contributed by atoms with Crippen molar-refractivity contribution in [3.63, 3.8) is 0 Å². The van der Waals surface area contributed by atoms with Gasteiger partial charge in [-0.05, 0) is 84.0 Å². The number of halogens is 4. The van der Waals surface area contributed by atoms with Crippen molar-refractivity contribution in [2.24, 2.45) is 4.99 Å². The molecule has 14 heteroatoms. The highest BCUT2D eigenvalue weighted by Crippen LogP contribution is 2.30. The summed E-state index contributed by atoms with van der Waals surface area (Å²) in [6.45, 7) is 12.0. The summed E-state index contributed by atoms with van der Waals surface area (Å²) in [6, 6.07) is 10.2. The number of benzene rings is 2. The van der Waals surface area contributed by atoms with Gasteiger partial charge in [-0.2, -0.15) is 10.2 Å². The Labute approximate surface area is 288 Å². The molecule has 0 saturated heterocycles. The number of nitrogens with zero attached hydrogens (tertiary/aromatic N) is 9. The zero-order valence-corrected chi connectivity index (χ0v) is 30.1. The Morgan fingerprint density at radius 1 is 0.787 bits per heavy atom. The molecule has 10 nitrogen and oxygen atoms in total. The third-order valence-corrected chi connectivity index (χ3v) is 8.17. The van der Waals surface area contributed by atoms with Crippen molar-refractivity contribution in [2.45, 2.75) is 66.6 Å². The minimum absolute atomic E-state index is 0.0726. The zero-order valence-electron chi connectivity index (χ0n) is 26.9. The Balaban J connectivity index is 0.000000186. The van der Waals surface area contributed by atoms with Crippen molar-refractivity contribution >= 4 is 43.3 Å². The smallest absolute Gasteiger partial charge is 0.178 e. The number of aliphatic hydroxyl groups excluding tert-OH is 1. The van der Waals surface area contributed by atoms with E-state index >= 15 is 0 Å². The maximum Gasteiger partial charge on any atom is 0.178 e. The summed E-state index contributed by atoms with van der Waals surface area (Å²) >= 11 is 6.53. The molecule has 0 radical (unpaired) electrons. The van der Waals surface area contributed by atoms with Gasteiger partial charge in [0.25, 0.3) is 0 Å². The second-order valence-electron chi connectivity index (χ2n) is 11.5. The molecule has 0 aliphatic carbocycles. The fraction of sp³-hybridized carbons (Fsp3) is 0.333. The molecule has 5 aromatic rings. The summed E-state index contributed by atoms with van der Waals surface area (Å²) in [6.07, 6.45) is 4.34. The van der Waals surface area contributed by atoms with E-state index in [4.69, 9.17) is 0 Å². The van der Waals surface area contributed by atoms with Crippen molar-refractivity contribution < 1.29 is 13.9 Å². The summed E-state index contributed by atoms with van der Waals surface area (Å²) in [5.41, 5.74) is 2.97. The van der Waals surface area contributed by atoms with Crippen molar-refractivity contribution in [1.82, 2.24) is 39.1 Å². The van der Waals surface area contributed by atoms with Crippen LogP contribution < -0.4 is 0 Å². The Morgan fingerprint density at radius 2 is 1.34 bits per heavy atom. The molecule has 0 atom stereocenters. The van der Waals surface area contributed by atoms with Crippen molar-refractivity contribution in [3.8, 4) is 22.9 Å². The van der Waals surface area contributed by atoms with Gasteiger partial charge in [0, 0.05) is 45.8 Å². The van der Waals surface area contributed by atoms with Gasteiger partial charge in [0.15, 0.2) is 11.6 Å². The van der Waals surface area contributed by atoms with E-state index in [9.17, 15) is 13.9 Å². The summed E-state index contributed by atoms with van der Waals surface area (Å²) < 4.78 is 35.2. The quantitative estimate of drug-likeness (QED) is 0.172. The van der Waals surface area contributed by atoms with Gasteiger partial charge < -0.3 is 9.67 Å². The topological polar surface area (TPSA) is 112 Å². The fourth-order valence-corrected chi connectivity index (χ4v) is 5.75. The average Bonchev–Trinajstić information content (AvgIpc) is 3.79. The lowest BCUT2D eigenvalue weighted by molar-refractivity contribution is 0.276. The van der Waals surface area contributed by atoms with E-state index in [1.807, 2.05) is 58.4 Å². The first-order chi connectivity index (χ1) is 22.4. The number of rotatable bonds is 8.